The van der Waals surface area contributed by atoms with Crippen molar-refractivity contribution in [3.8, 4) is 0 Å². The minimum absolute atomic E-state index is 0.155. The molecule has 1 aliphatic carbocycles. The highest BCUT2D eigenvalue weighted by Gasteiger charge is 2.34. The maximum absolute atomic E-state index is 13.4. The Hall–Kier alpha value is -0.600. The fourth-order valence-electron chi connectivity index (χ4n) is 3.06. The Morgan fingerprint density at radius 3 is 2.58 bits per heavy atom. The van der Waals surface area contributed by atoms with Crippen molar-refractivity contribution in [1.29, 1.82) is 0 Å². The Morgan fingerprint density at radius 1 is 1.37 bits per heavy atom. The maximum atomic E-state index is 13.4. The van der Waals surface area contributed by atoms with Crippen LogP contribution in [-0.4, -0.2) is 10.7 Å². The Bertz CT molecular complexity index is 436. The van der Waals surface area contributed by atoms with Gasteiger partial charge in [-0.3, -0.25) is 0 Å². The molecular weight excluding hydrogens is 263 g/mol. The van der Waals surface area contributed by atoms with Crippen molar-refractivity contribution in [2.24, 2.45) is 11.8 Å². The average molecular weight is 285 g/mol. The van der Waals surface area contributed by atoms with Crippen molar-refractivity contribution >= 4 is 11.6 Å². The second-order valence-electron chi connectivity index (χ2n) is 6.20. The summed E-state index contributed by atoms with van der Waals surface area (Å²) in [6.45, 7) is 4.47. The van der Waals surface area contributed by atoms with Crippen LogP contribution in [0, 0.1) is 17.7 Å². The van der Waals surface area contributed by atoms with Gasteiger partial charge in [0.25, 0.3) is 0 Å². The quantitative estimate of drug-likeness (QED) is 0.860. The highest BCUT2D eigenvalue weighted by Crippen LogP contribution is 2.38. The summed E-state index contributed by atoms with van der Waals surface area (Å²) in [6.07, 6.45) is 4.10. The van der Waals surface area contributed by atoms with Crippen LogP contribution in [-0.2, 0) is 6.42 Å². The van der Waals surface area contributed by atoms with Gasteiger partial charge < -0.3 is 5.11 Å². The molecule has 1 nitrogen and oxygen atoms in total. The molecule has 1 fully saturated rings. The third-order valence-electron chi connectivity index (χ3n) is 4.45. The molecule has 0 unspecified atom stereocenters. The number of rotatable bonds is 3. The fraction of sp³-hybridized carbons (Fsp3) is 0.625. The first-order valence-corrected chi connectivity index (χ1v) is 7.44. The third-order valence-corrected chi connectivity index (χ3v) is 4.88. The summed E-state index contributed by atoms with van der Waals surface area (Å²) >= 11 is 5.97. The molecule has 0 heterocycles. The predicted octanol–water partition coefficient (Wildman–Crippen LogP) is 4.60. The summed E-state index contributed by atoms with van der Waals surface area (Å²) in [5, 5.41) is 10.8. The van der Waals surface area contributed by atoms with Gasteiger partial charge in [-0.25, -0.2) is 4.39 Å². The Kier molecular flexibility index (Phi) is 4.52. The molecule has 0 amide bonds. The maximum Gasteiger partial charge on any atom is 0.142 e. The van der Waals surface area contributed by atoms with Crippen LogP contribution >= 0.6 is 11.6 Å². The first-order chi connectivity index (χ1) is 8.91. The molecule has 0 atom stereocenters. The second kappa shape index (κ2) is 5.80. The van der Waals surface area contributed by atoms with E-state index < -0.39 is 11.4 Å². The highest BCUT2D eigenvalue weighted by atomic mass is 35.5. The SMILES string of the molecule is CC(C)C1CCC(O)(Cc2cccc(F)c2Cl)CC1. The molecule has 1 saturated carbocycles. The molecule has 3 heteroatoms. The van der Waals surface area contributed by atoms with Gasteiger partial charge in [0, 0.05) is 6.42 Å². The number of hydrogen-bond donors (Lipinski definition) is 1. The Balaban J connectivity index is 2.05. The second-order valence-corrected chi connectivity index (χ2v) is 6.57. The lowest BCUT2D eigenvalue weighted by molar-refractivity contribution is -0.0146. The molecule has 1 N–H and O–H groups in total. The van der Waals surface area contributed by atoms with Crippen LogP contribution in [0.1, 0.15) is 45.1 Å². The zero-order chi connectivity index (χ0) is 14.0. The molecule has 0 aromatic heterocycles. The van der Waals surface area contributed by atoms with Gasteiger partial charge in [-0.1, -0.05) is 37.6 Å². The largest absolute Gasteiger partial charge is 0.390 e. The zero-order valence-electron chi connectivity index (χ0n) is 11.6. The van der Waals surface area contributed by atoms with E-state index in [1.54, 1.807) is 12.1 Å². The Morgan fingerprint density at radius 2 is 2.00 bits per heavy atom. The summed E-state index contributed by atoms with van der Waals surface area (Å²) in [7, 11) is 0. The van der Waals surface area contributed by atoms with Crippen LogP contribution in [0.15, 0.2) is 18.2 Å². The molecule has 0 radical (unpaired) electrons. The van der Waals surface area contributed by atoms with Gasteiger partial charge in [-0.2, -0.15) is 0 Å². The highest BCUT2D eigenvalue weighted by molar-refractivity contribution is 6.31. The van der Waals surface area contributed by atoms with E-state index >= 15 is 0 Å². The smallest absolute Gasteiger partial charge is 0.142 e. The number of benzene rings is 1. The molecule has 0 spiro atoms. The van der Waals surface area contributed by atoms with Gasteiger partial charge in [-0.05, 0) is 49.1 Å². The van der Waals surface area contributed by atoms with Gasteiger partial charge >= 0.3 is 0 Å². The van der Waals surface area contributed by atoms with Crippen LogP contribution < -0.4 is 0 Å². The topological polar surface area (TPSA) is 20.2 Å². The molecule has 2 rings (SSSR count). The van der Waals surface area contributed by atoms with Crippen LogP contribution in [0.25, 0.3) is 0 Å². The minimum Gasteiger partial charge on any atom is -0.390 e. The van der Waals surface area contributed by atoms with E-state index in [-0.39, 0.29) is 5.02 Å². The van der Waals surface area contributed by atoms with Crippen LogP contribution in [0.4, 0.5) is 4.39 Å². The molecule has 106 valence electrons. The average Bonchev–Trinajstić information content (AvgIpc) is 2.35. The van der Waals surface area contributed by atoms with Crippen molar-refractivity contribution < 1.29 is 9.50 Å². The van der Waals surface area contributed by atoms with E-state index in [4.69, 9.17) is 11.6 Å². The van der Waals surface area contributed by atoms with Gasteiger partial charge in [0.05, 0.1) is 10.6 Å². The fourth-order valence-corrected chi connectivity index (χ4v) is 3.25. The van der Waals surface area contributed by atoms with Crippen molar-refractivity contribution in [3.05, 3.63) is 34.6 Å². The summed E-state index contributed by atoms with van der Waals surface area (Å²) in [6, 6.07) is 4.81. The monoisotopic (exact) mass is 284 g/mol. The van der Waals surface area contributed by atoms with E-state index in [0.717, 1.165) is 25.7 Å². The molecule has 0 aliphatic heterocycles. The van der Waals surface area contributed by atoms with E-state index in [1.165, 1.54) is 6.07 Å². The lowest BCUT2D eigenvalue weighted by Crippen LogP contribution is -2.37. The van der Waals surface area contributed by atoms with Crippen LogP contribution in [0.3, 0.4) is 0 Å². The Labute approximate surface area is 119 Å². The first-order valence-electron chi connectivity index (χ1n) is 7.06. The lowest BCUT2D eigenvalue weighted by atomic mass is 9.72. The molecule has 1 aliphatic rings. The van der Waals surface area contributed by atoms with Gasteiger partial charge in [0.15, 0.2) is 0 Å². The minimum atomic E-state index is -0.719. The van der Waals surface area contributed by atoms with Crippen LogP contribution in [0.5, 0.6) is 0 Å². The standard InChI is InChI=1S/C16H22ClFO/c1-11(2)12-6-8-16(19,9-7-12)10-13-4-3-5-14(18)15(13)17/h3-5,11-12,19H,6-10H2,1-2H3. The predicted molar refractivity (Wildman–Crippen MR) is 76.9 cm³/mol. The van der Waals surface area contributed by atoms with E-state index in [0.29, 0.717) is 23.8 Å². The molecule has 0 saturated heterocycles. The van der Waals surface area contributed by atoms with Gasteiger partial charge in [-0.15, -0.1) is 0 Å². The first kappa shape index (κ1) is 14.8. The molecular formula is C16H22ClFO. The summed E-state index contributed by atoms with van der Waals surface area (Å²) in [5.74, 6) is 0.962. The lowest BCUT2D eigenvalue weighted by Gasteiger charge is -2.37. The van der Waals surface area contributed by atoms with E-state index in [2.05, 4.69) is 13.8 Å². The molecule has 19 heavy (non-hydrogen) atoms. The molecule has 1 aromatic rings. The van der Waals surface area contributed by atoms with E-state index in [1.807, 2.05) is 0 Å². The number of halogens is 2. The third kappa shape index (κ3) is 3.49. The van der Waals surface area contributed by atoms with Crippen molar-refractivity contribution in [3.63, 3.8) is 0 Å². The summed E-state index contributed by atoms with van der Waals surface area (Å²) in [4.78, 5) is 0. The van der Waals surface area contributed by atoms with E-state index in [9.17, 15) is 9.50 Å². The normalized spacial score (nSPS) is 27.8. The van der Waals surface area contributed by atoms with Crippen molar-refractivity contribution in [1.82, 2.24) is 0 Å². The van der Waals surface area contributed by atoms with Crippen LogP contribution in [0.2, 0.25) is 5.02 Å². The van der Waals surface area contributed by atoms with Crippen molar-refractivity contribution in [2.45, 2.75) is 51.6 Å². The number of hydrogen-bond acceptors (Lipinski definition) is 1. The van der Waals surface area contributed by atoms with Gasteiger partial charge in [0.1, 0.15) is 5.82 Å². The number of aliphatic hydroxyl groups is 1. The van der Waals surface area contributed by atoms with Crippen molar-refractivity contribution in [2.75, 3.05) is 0 Å². The summed E-state index contributed by atoms with van der Waals surface area (Å²) < 4.78 is 13.4. The zero-order valence-corrected chi connectivity index (χ0v) is 12.4. The summed E-state index contributed by atoms with van der Waals surface area (Å²) in [5.41, 5.74) is -0.00445. The molecule has 0 bridgehead atoms. The van der Waals surface area contributed by atoms with Gasteiger partial charge in [0.2, 0.25) is 0 Å². The molecule has 1 aromatic carbocycles.